The summed E-state index contributed by atoms with van der Waals surface area (Å²) in [7, 11) is 0. The summed E-state index contributed by atoms with van der Waals surface area (Å²) in [5.41, 5.74) is 3.44. The number of rotatable bonds is 5. The molecule has 0 aliphatic carbocycles. The van der Waals surface area contributed by atoms with Crippen molar-refractivity contribution in [1.82, 2.24) is 9.78 Å². The minimum Gasteiger partial charge on any atom is -0.387 e. The molecule has 0 saturated heterocycles. The van der Waals surface area contributed by atoms with Gasteiger partial charge in [-0.25, -0.2) is 0 Å². The van der Waals surface area contributed by atoms with Gasteiger partial charge in [-0.1, -0.05) is 24.3 Å². The van der Waals surface area contributed by atoms with Crippen LogP contribution in [0.5, 0.6) is 0 Å². The summed E-state index contributed by atoms with van der Waals surface area (Å²) in [4.78, 5) is 0. The first-order chi connectivity index (χ1) is 9.13. The predicted octanol–water partition coefficient (Wildman–Crippen LogP) is 3.64. The van der Waals surface area contributed by atoms with Crippen molar-refractivity contribution in [3.8, 4) is 0 Å². The Hall–Kier alpha value is -1.13. The van der Waals surface area contributed by atoms with Crippen LogP contribution in [-0.2, 0) is 13.0 Å². The van der Waals surface area contributed by atoms with Gasteiger partial charge in [0, 0.05) is 6.54 Å². The van der Waals surface area contributed by atoms with Crippen LogP contribution < -0.4 is 0 Å². The maximum absolute atomic E-state index is 10.4. The highest BCUT2D eigenvalue weighted by molar-refractivity contribution is 9.10. The van der Waals surface area contributed by atoms with Crippen molar-refractivity contribution < 1.29 is 5.11 Å². The third-order valence-electron chi connectivity index (χ3n) is 3.40. The normalized spacial score (nSPS) is 12.6. The molecule has 0 aliphatic heterocycles. The number of hydrogen-bond acceptors (Lipinski definition) is 2. The molecule has 1 N–H and O–H groups in total. The highest BCUT2D eigenvalue weighted by atomic mass is 79.9. The number of nitrogens with zero attached hydrogens (tertiary/aromatic N) is 2. The average Bonchev–Trinajstić information content (AvgIpc) is 2.78. The summed E-state index contributed by atoms with van der Waals surface area (Å²) in [6, 6.07) is 8.31. The first kappa shape index (κ1) is 14.3. The molecule has 102 valence electrons. The van der Waals surface area contributed by atoms with Gasteiger partial charge < -0.3 is 5.11 Å². The first-order valence-corrected chi connectivity index (χ1v) is 7.36. The molecule has 19 heavy (non-hydrogen) atoms. The van der Waals surface area contributed by atoms with Crippen LogP contribution in [0.4, 0.5) is 0 Å². The van der Waals surface area contributed by atoms with Crippen LogP contribution in [0.1, 0.15) is 36.3 Å². The molecule has 2 rings (SSSR count). The lowest BCUT2D eigenvalue weighted by Crippen LogP contribution is -2.09. The lowest BCUT2D eigenvalue weighted by atomic mass is 10.0. The first-order valence-electron chi connectivity index (χ1n) is 6.57. The molecule has 0 fully saturated rings. The number of aryl methyl sites for hydroxylation is 3. The summed E-state index contributed by atoms with van der Waals surface area (Å²) in [5.74, 6) is 0. The molecular formula is C15H19BrN2O. The molecule has 0 spiro atoms. The van der Waals surface area contributed by atoms with Gasteiger partial charge in [0.2, 0.25) is 0 Å². The van der Waals surface area contributed by atoms with Crippen LogP contribution >= 0.6 is 15.9 Å². The van der Waals surface area contributed by atoms with Gasteiger partial charge in [0.25, 0.3) is 0 Å². The van der Waals surface area contributed by atoms with Gasteiger partial charge >= 0.3 is 0 Å². The number of halogens is 1. The van der Waals surface area contributed by atoms with Gasteiger partial charge in [-0.3, -0.25) is 4.68 Å². The fourth-order valence-corrected chi connectivity index (χ4v) is 2.84. The van der Waals surface area contributed by atoms with Crippen LogP contribution in [0.25, 0.3) is 0 Å². The van der Waals surface area contributed by atoms with E-state index in [4.69, 9.17) is 0 Å². The van der Waals surface area contributed by atoms with E-state index in [0.717, 1.165) is 23.1 Å². The third-order valence-corrected chi connectivity index (χ3v) is 4.01. The highest BCUT2D eigenvalue weighted by Gasteiger charge is 2.17. The lowest BCUT2D eigenvalue weighted by Gasteiger charge is -2.14. The Morgan fingerprint density at radius 2 is 2.11 bits per heavy atom. The molecule has 0 saturated carbocycles. The van der Waals surface area contributed by atoms with Gasteiger partial charge in [-0.15, -0.1) is 0 Å². The molecule has 0 amide bonds. The lowest BCUT2D eigenvalue weighted by molar-refractivity contribution is 0.156. The second-order valence-corrected chi connectivity index (χ2v) is 5.53. The Morgan fingerprint density at radius 1 is 1.37 bits per heavy atom. The maximum atomic E-state index is 10.4. The van der Waals surface area contributed by atoms with Crippen molar-refractivity contribution in [3.63, 3.8) is 0 Å². The fraction of sp³-hybridized carbons (Fsp3) is 0.400. The average molecular weight is 323 g/mol. The number of aliphatic hydroxyl groups excluding tert-OH is 1. The second kappa shape index (κ2) is 6.35. The Morgan fingerprint density at radius 3 is 2.79 bits per heavy atom. The monoisotopic (exact) mass is 322 g/mol. The minimum atomic E-state index is -0.489. The van der Waals surface area contributed by atoms with Crippen LogP contribution in [0, 0.1) is 6.92 Å². The van der Waals surface area contributed by atoms with E-state index in [1.807, 2.05) is 23.7 Å². The van der Waals surface area contributed by atoms with Gasteiger partial charge in [-0.2, -0.15) is 5.10 Å². The molecular weight excluding hydrogens is 304 g/mol. The summed E-state index contributed by atoms with van der Waals surface area (Å²) < 4.78 is 2.72. The molecule has 1 heterocycles. The fourth-order valence-electron chi connectivity index (χ4n) is 2.27. The van der Waals surface area contributed by atoms with Crippen LogP contribution in [0.15, 0.2) is 34.9 Å². The van der Waals surface area contributed by atoms with Crippen molar-refractivity contribution >= 4 is 15.9 Å². The van der Waals surface area contributed by atoms with Crippen LogP contribution in [0.2, 0.25) is 0 Å². The van der Waals surface area contributed by atoms with Crippen LogP contribution in [0.3, 0.4) is 0 Å². The molecule has 0 radical (unpaired) electrons. The van der Waals surface area contributed by atoms with E-state index in [0.29, 0.717) is 6.42 Å². The van der Waals surface area contributed by atoms with Crippen molar-refractivity contribution in [3.05, 3.63) is 51.8 Å². The largest absolute Gasteiger partial charge is 0.387 e. The summed E-state index contributed by atoms with van der Waals surface area (Å²) >= 11 is 3.46. The standard InChI is InChI=1S/C15H19BrN2O/c1-3-18-15(13(16)10-17-18)14(19)9-8-12-7-5-4-6-11(12)2/h4-7,10,14,19H,3,8-9H2,1-2H3. The summed E-state index contributed by atoms with van der Waals surface area (Å²) in [6.07, 6.45) is 2.83. The zero-order valence-corrected chi connectivity index (χ0v) is 12.9. The Balaban J connectivity index is 2.07. The van der Waals surface area contributed by atoms with Crippen molar-refractivity contribution in [2.75, 3.05) is 0 Å². The molecule has 1 aromatic heterocycles. The van der Waals surface area contributed by atoms with Gasteiger partial charge in [0.15, 0.2) is 0 Å². The Kier molecular flexibility index (Phi) is 4.77. The number of benzene rings is 1. The molecule has 0 bridgehead atoms. The zero-order chi connectivity index (χ0) is 13.8. The van der Waals surface area contributed by atoms with E-state index in [2.05, 4.69) is 40.1 Å². The van der Waals surface area contributed by atoms with E-state index in [1.54, 1.807) is 6.20 Å². The SMILES string of the molecule is CCn1ncc(Br)c1C(O)CCc1ccccc1C. The van der Waals surface area contributed by atoms with Gasteiger partial charge in [0.05, 0.1) is 22.5 Å². The van der Waals surface area contributed by atoms with Crippen molar-refractivity contribution in [2.45, 2.75) is 39.3 Å². The van der Waals surface area contributed by atoms with Gasteiger partial charge in [0.1, 0.15) is 0 Å². The van der Waals surface area contributed by atoms with Gasteiger partial charge in [-0.05, 0) is 53.7 Å². The van der Waals surface area contributed by atoms with Crippen molar-refractivity contribution in [1.29, 1.82) is 0 Å². The van der Waals surface area contributed by atoms with E-state index in [9.17, 15) is 5.11 Å². The molecule has 2 aromatic rings. The molecule has 1 unspecified atom stereocenters. The number of aromatic nitrogens is 2. The van der Waals surface area contributed by atoms with Crippen molar-refractivity contribution in [2.24, 2.45) is 0 Å². The van der Waals surface area contributed by atoms with E-state index < -0.39 is 6.10 Å². The van der Waals surface area contributed by atoms with E-state index >= 15 is 0 Å². The highest BCUT2D eigenvalue weighted by Crippen LogP contribution is 2.27. The molecule has 1 aromatic carbocycles. The molecule has 0 aliphatic rings. The summed E-state index contributed by atoms with van der Waals surface area (Å²) in [5, 5.41) is 14.6. The number of hydrogen-bond donors (Lipinski definition) is 1. The second-order valence-electron chi connectivity index (χ2n) is 4.67. The smallest absolute Gasteiger partial charge is 0.0971 e. The quantitative estimate of drug-likeness (QED) is 0.912. The Labute approximate surface area is 122 Å². The topological polar surface area (TPSA) is 38.0 Å². The maximum Gasteiger partial charge on any atom is 0.0971 e. The summed E-state index contributed by atoms with van der Waals surface area (Å²) in [6.45, 7) is 4.90. The molecule has 1 atom stereocenters. The zero-order valence-electron chi connectivity index (χ0n) is 11.3. The van der Waals surface area contributed by atoms with E-state index in [1.165, 1.54) is 11.1 Å². The predicted molar refractivity (Wildman–Crippen MR) is 80.1 cm³/mol. The minimum absolute atomic E-state index is 0.489. The van der Waals surface area contributed by atoms with Crippen LogP contribution in [-0.4, -0.2) is 14.9 Å². The van der Waals surface area contributed by atoms with E-state index in [-0.39, 0.29) is 0 Å². The number of aliphatic hydroxyl groups is 1. The molecule has 3 nitrogen and oxygen atoms in total. The molecule has 4 heteroatoms. The Bertz CT molecular complexity index is 551. The third kappa shape index (κ3) is 3.25.